The van der Waals surface area contributed by atoms with Crippen molar-refractivity contribution in [2.24, 2.45) is 5.92 Å². The van der Waals surface area contributed by atoms with Crippen molar-refractivity contribution in [1.29, 1.82) is 0 Å². The minimum absolute atomic E-state index is 0.321. The number of aliphatic hydroxyl groups is 1. The maximum Gasteiger partial charge on any atom is 0.141 e. The summed E-state index contributed by atoms with van der Waals surface area (Å²) in [5.41, 5.74) is 1.76. The van der Waals surface area contributed by atoms with Gasteiger partial charge in [-0.3, -0.25) is 4.98 Å². The highest BCUT2D eigenvalue weighted by molar-refractivity contribution is 5.18. The molecule has 0 spiro atoms. The summed E-state index contributed by atoms with van der Waals surface area (Å²) in [6.07, 6.45) is 8.55. The Kier molecular flexibility index (Phi) is 2.88. The molecule has 0 radical (unpaired) electrons. The Labute approximate surface area is 105 Å². The largest absolute Gasteiger partial charge is 0.388 e. The second-order valence-corrected chi connectivity index (χ2v) is 4.91. The van der Waals surface area contributed by atoms with Gasteiger partial charge in [0.1, 0.15) is 5.82 Å². The molecule has 0 aliphatic heterocycles. The molecular formula is C14H15FN2O. The van der Waals surface area contributed by atoms with Gasteiger partial charge >= 0.3 is 0 Å². The molecule has 1 aliphatic rings. The van der Waals surface area contributed by atoms with Crippen LogP contribution in [0.15, 0.2) is 36.9 Å². The highest BCUT2D eigenvalue weighted by Crippen LogP contribution is 2.40. The zero-order valence-corrected chi connectivity index (χ0v) is 9.96. The Morgan fingerprint density at radius 3 is 3.00 bits per heavy atom. The zero-order chi connectivity index (χ0) is 12.5. The topological polar surface area (TPSA) is 38.0 Å². The number of hydrogen-bond donors (Lipinski definition) is 1. The van der Waals surface area contributed by atoms with Gasteiger partial charge < -0.3 is 9.67 Å². The quantitative estimate of drug-likeness (QED) is 0.900. The van der Waals surface area contributed by atoms with Crippen molar-refractivity contribution in [3.05, 3.63) is 53.9 Å². The van der Waals surface area contributed by atoms with Gasteiger partial charge in [0.2, 0.25) is 0 Å². The molecule has 2 heterocycles. The lowest BCUT2D eigenvalue weighted by molar-refractivity contribution is 0.154. The molecule has 1 fully saturated rings. The first-order valence-electron chi connectivity index (χ1n) is 6.15. The number of rotatable bonds is 4. The second kappa shape index (κ2) is 4.53. The minimum Gasteiger partial charge on any atom is -0.388 e. The van der Waals surface area contributed by atoms with Gasteiger partial charge in [-0.05, 0) is 42.0 Å². The molecule has 3 rings (SSSR count). The van der Waals surface area contributed by atoms with E-state index in [2.05, 4.69) is 4.98 Å². The van der Waals surface area contributed by atoms with E-state index in [1.54, 1.807) is 6.20 Å². The van der Waals surface area contributed by atoms with Crippen molar-refractivity contribution in [3.63, 3.8) is 0 Å². The lowest BCUT2D eigenvalue weighted by Crippen LogP contribution is -2.00. The summed E-state index contributed by atoms with van der Waals surface area (Å²) in [4.78, 5) is 3.82. The first-order chi connectivity index (χ1) is 8.72. The second-order valence-electron chi connectivity index (χ2n) is 4.91. The molecule has 1 aliphatic carbocycles. The smallest absolute Gasteiger partial charge is 0.141 e. The highest BCUT2D eigenvalue weighted by atomic mass is 19.1. The Bertz CT molecular complexity index is 548. The van der Waals surface area contributed by atoms with E-state index >= 15 is 0 Å². The van der Waals surface area contributed by atoms with Crippen LogP contribution in [0.3, 0.4) is 0 Å². The summed E-state index contributed by atoms with van der Waals surface area (Å²) in [6.45, 7) is 0.572. The summed E-state index contributed by atoms with van der Waals surface area (Å²) < 4.78 is 14.9. The summed E-state index contributed by atoms with van der Waals surface area (Å²) in [7, 11) is 0. The molecule has 18 heavy (non-hydrogen) atoms. The van der Waals surface area contributed by atoms with E-state index in [1.807, 2.05) is 23.0 Å². The Balaban J connectivity index is 1.73. The van der Waals surface area contributed by atoms with Crippen LogP contribution in [-0.4, -0.2) is 14.7 Å². The number of nitrogens with zero attached hydrogens (tertiary/aromatic N) is 2. The first-order valence-corrected chi connectivity index (χ1v) is 6.15. The maximum atomic E-state index is 13.0. The monoisotopic (exact) mass is 246 g/mol. The normalized spacial score (nSPS) is 16.8. The molecule has 2 aromatic heterocycles. The fourth-order valence-electron chi connectivity index (χ4n) is 2.17. The van der Waals surface area contributed by atoms with Crippen LogP contribution in [0.1, 0.15) is 30.1 Å². The van der Waals surface area contributed by atoms with E-state index in [0.717, 1.165) is 24.0 Å². The van der Waals surface area contributed by atoms with E-state index < -0.39 is 0 Å². The van der Waals surface area contributed by atoms with Crippen molar-refractivity contribution in [1.82, 2.24) is 9.55 Å². The van der Waals surface area contributed by atoms with Gasteiger partial charge in [0.05, 0.1) is 12.3 Å². The van der Waals surface area contributed by atoms with Gasteiger partial charge in [-0.25, -0.2) is 4.39 Å². The summed E-state index contributed by atoms with van der Waals surface area (Å²) in [5.74, 6) is 0.106. The van der Waals surface area contributed by atoms with Crippen molar-refractivity contribution < 1.29 is 9.50 Å². The van der Waals surface area contributed by atoms with Crippen LogP contribution in [0, 0.1) is 11.7 Å². The van der Waals surface area contributed by atoms with Crippen molar-refractivity contribution in [3.8, 4) is 0 Å². The van der Waals surface area contributed by atoms with Gasteiger partial charge in [-0.15, -0.1) is 0 Å². The first kappa shape index (κ1) is 11.4. The molecule has 3 nitrogen and oxygen atoms in total. The molecule has 94 valence electrons. The lowest BCUT2D eigenvalue weighted by Gasteiger charge is -2.06. The molecule has 1 atom stereocenters. The van der Waals surface area contributed by atoms with Crippen molar-refractivity contribution in [2.45, 2.75) is 25.5 Å². The van der Waals surface area contributed by atoms with Crippen LogP contribution in [0.5, 0.6) is 0 Å². The predicted molar refractivity (Wildman–Crippen MR) is 65.4 cm³/mol. The Hall–Kier alpha value is -1.68. The summed E-state index contributed by atoms with van der Waals surface area (Å²) in [5, 5.41) is 10.00. The predicted octanol–water partition coefficient (Wildman–Crippen LogP) is 2.51. The SMILES string of the molecule is OC(c1ccn(Cc2cncc(F)c2)c1)C1CC1. The highest BCUT2D eigenvalue weighted by Gasteiger charge is 2.31. The van der Waals surface area contributed by atoms with Gasteiger partial charge in [-0.2, -0.15) is 0 Å². The Morgan fingerprint density at radius 1 is 1.44 bits per heavy atom. The van der Waals surface area contributed by atoms with Gasteiger partial charge in [-0.1, -0.05) is 0 Å². The standard InChI is InChI=1S/C14H15FN2O/c15-13-5-10(6-16-7-13)8-17-4-3-12(9-17)14(18)11-1-2-11/h3-7,9,11,14,18H,1-2,8H2. The number of aromatic nitrogens is 2. The van der Waals surface area contributed by atoms with Crippen LogP contribution >= 0.6 is 0 Å². The average Bonchev–Trinajstić information content (AvgIpc) is 3.09. The summed E-state index contributed by atoms with van der Waals surface area (Å²) in [6, 6.07) is 3.40. The zero-order valence-electron chi connectivity index (χ0n) is 9.96. The number of pyridine rings is 1. The average molecular weight is 246 g/mol. The van der Waals surface area contributed by atoms with Crippen LogP contribution in [0.2, 0.25) is 0 Å². The van der Waals surface area contributed by atoms with Crippen molar-refractivity contribution in [2.75, 3.05) is 0 Å². The van der Waals surface area contributed by atoms with Crippen LogP contribution in [0.25, 0.3) is 0 Å². The van der Waals surface area contributed by atoms with Crippen molar-refractivity contribution >= 4 is 0 Å². The minimum atomic E-state index is -0.350. The van der Waals surface area contributed by atoms with Gasteiger partial charge in [0.15, 0.2) is 0 Å². The molecule has 0 saturated heterocycles. The van der Waals surface area contributed by atoms with Crippen LogP contribution in [0.4, 0.5) is 4.39 Å². The number of hydrogen-bond acceptors (Lipinski definition) is 2. The number of halogens is 1. The molecule has 1 saturated carbocycles. The molecular weight excluding hydrogens is 231 g/mol. The molecule has 1 N–H and O–H groups in total. The lowest BCUT2D eigenvalue weighted by atomic mass is 10.1. The molecule has 2 aromatic rings. The molecule has 0 aromatic carbocycles. The fraction of sp³-hybridized carbons (Fsp3) is 0.357. The molecule has 0 amide bonds. The third kappa shape index (κ3) is 2.43. The maximum absolute atomic E-state index is 13.0. The third-order valence-electron chi connectivity index (χ3n) is 3.31. The van der Waals surface area contributed by atoms with E-state index in [1.165, 1.54) is 12.3 Å². The van der Waals surface area contributed by atoms with Gasteiger partial charge in [0.25, 0.3) is 0 Å². The molecule has 1 unspecified atom stereocenters. The third-order valence-corrected chi connectivity index (χ3v) is 3.31. The summed E-state index contributed by atoms with van der Waals surface area (Å²) >= 11 is 0. The fourth-order valence-corrected chi connectivity index (χ4v) is 2.17. The molecule has 0 bridgehead atoms. The van der Waals surface area contributed by atoms with E-state index in [0.29, 0.717) is 12.5 Å². The molecule has 4 heteroatoms. The van der Waals surface area contributed by atoms with Gasteiger partial charge in [0, 0.05) is 25.1 Å². The Morgan fingerprint density at radius 2 is 2.28 bits per heavy atom. The van der Waals surface area contributed by atoms with E-state index in [4.69, 9.17) is 0 Å². The number of aliphatic hydroxyl groups excluding tert-OH is 1. The van der Waals surface area contributed by atoms with E-state index in [-0.39, 0.29) is 11.9 Å². The van der Waals surface area contributed by atoms with Crippen LogP contribution < -0.4 is 0 Å². The van der Waals surface area contributed by atoms with Crippen LogP contribution in [-0.2, 0) is 6.54 Å². The van der Waals surface area contributed by atoms with E-state index in [9.17, 15) is 9.50 Å².